The van der Waals surface area contributed by atoms with E-state index in [2.05, 4.69) is 0 Å². The van der Waals surface area contributed by atoms with Crippen LogP contribution in [-0.2, 0) is 4.79 Å². The summed E-state index contributed by atoms with van der Waals surface area (Å²) in [6.45, 7) is 2.11. The number of anilines is 1. The summed E-state index contributed by atoms with van der Waals surface area (Å²) < 4.78 is 5.46. The second-order valence-corrected chi connectivity index (χ2v) is 5.18. The Bertz CT molecular complexity index is 405. The molecule has 0 spiro atoms. The first kappa shape index (κ1) is 13.1. The summed E-state index contributed by atoms with van der Waals surface area (Å²) in [5.41, 5.74) is 0. The fraction of sp³-hybridized carbons (Fsp3) is 0.643. The molecule has 18 heavy (non-hydrogen) atoms. The number of amides is 1. The van der Waals surface area contributed by atoms with Gasteiger partial charge in [0, 0.05) is 25.6 Å². The average Bonchev–Trinajstić information content (AvgIpc) is 2.84. The quantitative estimate of drug-likeness (QED) is 0.897. The van der Waals surface area contributed by atoms with Crippen LogP contribution in [0.15, 0.2) is 16.5 Å². The summed E-state index contributed by atoms with van der Waals surface area (Å²) >= 11 is 0. The number of carbonyl (C=O) groups excluding carboxylic acids is 1. The molecule has 0 atom stereocenters. The van der Waals surface area contributed by atoms with E-state index in [1.165, 1.54) is 0 Å². The normalized spacial score (nSPS) is 23.9. The van der Waals surface area contributed by atoms with Gasteiger partial charge in [0.05, 0.1) is 0 Å². The van der Waals surface area contributed by atoms with Gasteiger partial charge in [-0.05, 0) is 44.6 Å². The summed E-state index contributed by atoms with van der Waals surface area (Å²) in [5, 5.41) is 9.10. The highest BCUT2D eigenvalue weighted by Crippen LogP contribution is 2.30. The second-order valence-electron chi connectivity index (χ2n) is 5.18. The maximum Gasteiger partial charge on any atom is 0.232 e. The Hall–Kier alpha value is -1.29. The molecule has 100 valence electrons. The Kier molecular flexibility index (Phi) is 4.07. The van der Waals surface area contributed by atoms with Gasteiger partial charge < -0.3 is 9.52 Å². The van der Waals surface area contributed by atoms with Crippen LogP contribution in [0.5, 0.6) is 0 Å². The number of hydrogen-bond acceptors (Lipinski definition) is 3. The lowest BCUT2D eigenvalue weighted by molar-refractivity contribution is -0.123. The molecule has 0 bridgehead atoms. The first-order valence-corrected chi connectivity index (χ1v) is 6.56. The molecule has 1 N–H and O–H groups in total. The molecule has 0 unspecified atom stereocenters. The second kappa shape index (κ2) is 5.57. The van der Waals surface area contributed by atoms with E-state index in [-0.39, 0.29) is 18.4 Å². The molecular weight excluding hydrogens is 230 g/mol. The van der Waals surface area contributed by atoms with Gasteiger partial charge in [0.25, 0.3) is 0 Å². The van der Waals surface area contributed by atoms with E-state index in [1.807, 2.05) is 19.1 Å². The Balaban J connectivity index is 1.95. The van der Waals surface area contributed by atoms with Crippen LogP contribution in [0, 0.1) is 18.8 Å². The van der Waals surface area contributed by atoms with Crippen LogP contribution in [0.25, 0.3) is 0 Å². The van der Waals surface area contributed by atoms with Crippen molar-refractivity contribution >= 4 is 11.8 Å². The fourth-order valence-electron chi connectivity index (χ4n) is 2.58. The highest BCUT2D eigenvalue weighted by atomic mass is 16.4. The van der Waals surface area contributed by atoms with Gasteiger partial charge in [0.1, 0.15) is 5.76 Å². The van der Waals surface area contributed by atoms with Crippen LogP contribution < -0.4 is 4.90 Å². The highest BCUT2D eigenvalue weighted by molar-refractivity contribution is 5.93. The smallest absolute Gasteiger partial charge is 0.232 e. The Morgan fingerprint density at radius 1 is 1.39 bits per heavy atom. The molecule has 2 rings (SSSR count). The van der Waals surface area contributed by atoms with Gasteiger partial charge in [0.15, 0.2) is 0 Å². The lowest BCUT2D eigenvalue weighted by Crippen LogP contribution is -2.35. The standard InChI is InChI=1S/C14H21NO3/c1-10-3-8-13(18-10)15(2)14(17)12-6-4-11(9-16)5-7-12/h3,8,11-12,16H,4-7,9H2,1-2H3. The largest absolute Gasteiger partial charge is 0.445 e. The number of nitrogens with zero attached hydrogens (tertiary/aromatic N) is 1. The minimum Gasteiger partial charge on any atom is -0.445 e. The third kappa shape index (κ3) is 2.75. The van der Waals surface area contributed by atoms with Crippen molar-refractivity contribution in [1.82, 2.24) is 0 Å². The minimum atomic E-state index is 0.0724. The van der Waals surface area contributed by atoms with Gasteiger partial charge in [-0.2, -0.15) is 0 Å². The van der Waals surface area contributed by atoms with E-state index >= 15 is 0 Å². The molecule has 1 heterocycles. The number of aliphatic hydroxyl groups excluding tert-OH is 1. The molecule has 0 aliphatic heterocycles. The lowest BCUT2D eigenvalue weighted by Gasteiger charge is -2.28. The van der Waals surface area contributed by atoms with E-state index < -0.39 is 0 Å². The van der Waals surface area contributed by atoms with Crippen molar-refractivity contribution in [2.24, 2.45) is 11.8 Å². The van der Waals surface area contributed by atoms with Crippen molar-refractivity contribution in [3.05, 3.63) is 17.9 Å². The van der Waals surface area contributed by atoms with Crippen LogP contribution in [0.2, 0.25) is 0 Å². The minimum absolute atomic E-state index is 0.0724. The van der Waals surface area contributed by atoms with Gasteiger partial charge in [-0.15, -0.1) is 0 Å². The van der Waals surface area contributed by atoms with Gasteiger partial charge in [0.2, 0.25) is 11.8 Å². The molecule has 1 fully saturated rings. The van der Waals surface area contributed by atoms with Crippen LogP contribution in [0.1, 0.15) is 31.4 Å². The molecule has 4 nitrogen and oxygen atoms in total. The topological polar surface area (TPSA) is 53.7 Å². The number of carbonyl (C=O) groups is 1. The Morgan fingerprint density at radius 3 is 2.56 bits per heavy atom. The molecule has 1 aromatic heterocycles. The first-order valence-electron chi connectivity index (χ1n) is 6.56. The SMILES string of the molecule is Cc1ccc(N(C)C(=O)C2CCC(CO)CC2)o1. The summed E-state index contributed by atoms with van der Waals surface area (Å²) in [6.07, 6.45) is 3.62. The summed E-state index contributed by atoms with van der Waals surface area (Å²) in [4.78, 5) is 13.9. The molecule has 1 amide bonds. The number of aryl methyl sites for hydroxylation is 1. The van der Waals surface area contributed by atoms with Crippen molar-refractivity contribution in [1.29, 1.82) is 0 Å². The maximum atomic E-state index is 12.3. The van der Waals surface area contributed by atoms with E-state index in [0.29, 0.717) is 11.8 Å². The summed E-state index contributed by atoms with van der Waals surface area (Å²) in [7, 11) is 1.76. The number of aliphatic hydroxyl groups is 1. The summed E-state index contributed by atoms with van der Waals surface area (Å²) in [5.74, 6) is 2.00. The van der Waals surface area contributed by atoms with E-state index in [0.717, 1.165) is 31.4 Å². The number of rotatable bonds is 3. The highest BCUT2D eigenvalue weighted by Gasteiger charge is 2.29. The number of hydrogen-bond donors (Lipinski definition) is 1. The molecule has 0 aromatic carbocycles. The third-order valence-corrected chi connectivity index (χ3v) is 3.84. The first-order chi connectivity index (χ1) is 8.61. The van der Waals surface area contributed by atoms with Gasteiger partial charge in [-0.3, -0.25) is 9.69 Å². The van der Waals surface area contributed by atoms with Crippen molar-refractivity contribution in [3.8, 4) is 0 Å². The third-order valence-electron chi connectivity index (χ3n) is 3.84. The van der Waals surface area contributed by atoms with E-state index in [9.17, 15) is 4.79 Å². The van der Waals surface area contributed by atoms with E-state index in [1.54, 1.807) is 11.9 Å². The summed E-state index contributed by atoms with van der Waals surface area (Å²) in [6, 6.07) is 3.69. The van der Waals surface area contributed by atoms with Gasteiger partial charge in [-0.1, -0.05) is 0 Å². The molecular formula is C14H21NO3. The zero-order valence-electron chi connectivity index (χ0n) is 11.1. The molecule has 0 radical (unpaired) electrons. The van der Waals surface area contributed by atoms with Crippen LogP contribution >= 0.6 is 0 Å². The fourth-order valence-corrected chi connectivity index (χ4v) is 2.58. The zero-order chi connectivity index (χ0) is 13.1. The van der Waals surface area contributed by atoms with Crippen molar-refractivity contribution in [2.75, 3.05) is 18.6 Å². The molecule has 1 aromatic rings. The van der Waals surface area contributed by atoms with Crippen LogP contribution in [0.3, 0.4) is 0 Å². The Morgan fingerprint density at radius 2 is 2.06 bits per heavy atom. The monoisotopic (exact) mass is 251 g/mol. The predicted molar refractivity (Wildman–Crippen MR) is 69.4 cm³/mol. The zero-order valence-corrected chi connectivity index (χ0v) is 11.1. The van der Waals surface area contributed by atoms with Crippen molar-refractivity contribution < 1.29 is 14.3 Å². The molecule has 1 aliphatic rings. The number of furan rings is 1. The molecule has 1 saturated carbocycles. The molecule has 4 heteroatoms. The predicted octanol–water partition coefficient (Wildman–Crippen LogP) is 2.35. The van der Waals surface area contributed by atoms with Crippen LogP contribution in [0.4, 0.5) is 5.88 Å². The lowest BCUT2D eigenvalue weighted by atomic mass is 9.82. The maximum absolute atomic E-state index is 12.3. The van der Waals surface area contributed by atoms with Crippen LogP contribution in [-0.4, -0.2) is 24.7 Å². The van der Waals surface area contributed by atoms with E-state index in [4.69, 9.17) is 9.52 Å². The average molecular weight is 251 g/mol. The molecule has 1 aliphatic carbocycles. The molecule has 0 saturated heterocycles. The Labute approximate surface area is 108 Å². The van der Waals surface area contributed by atoms with Crippen molar-refractivity contribution in [2.45, 2.75) is 32.6 Å². The van der Waals surface area contributed by atoms with Crippen molar-refractivity contribution in [3.63, 3.8) is 0 Å². The van der Waals surface area contributed by atoms with Gasteiger partial charge >= 0.3 is 0 Å². The van der Waals surface area contributed by atoms with Gasteiger partial charge in [-0.25, -0.2) is 0 Å².